The van der Waals surface area contributed by atoms with E-state index >= 15 is 0 Å². The monoisotopic (exact) mass is 215 g/mol. The van der Waals surface area contributed by atoms with Crippen LogP contribution in [0.4, 0.5) is 15.9 Å². The Balaban J connectivity index is 2.05. The van der Waals surface area contributed by atoms with Crippen LogP contribution >= 0.6 is 0 Å². The minimum atomic E-state index is -0.491. The summed E-state index contributed by atoms with van der Waals surface area (Å²) in [6.07, 6.45) is 2.23. The van der Waals surface area contributed by atoms with Gasteiger partial charge in [-0.3, -0.25) is 0 Å². The predicted molar refractivity (Wildman–Crippen MR) is 59.1 cm³/mol. The Morgan fingerprint density at radius 1 is 1.19 bits per heavy atom. The average Bonchev–Trinajstić information content (AvgIpc) is 2.72. The van der Waals surface area contributed by atoms with E-state index in [1.165, 1.54) is 18.0 Å². The number of aromatic nitrogens is 2. The molecule has 0 saturated carbocycles. The Morgan fingerprint density at radius 2 is 2.06 bits per heavy atom. The lowest BCUT2D eigenvalue weighted by molar-refractivity contribution is 0.579. The van der Waals surface area contributed by atoms with E-state index in [1.54, 1.807) is 0 Å². The van der Waals surface area contributed by atoms with Gasteiger partial charge in [-0.05, 0) is 18.1 Å². The molecule has 0 saturated heterocycles. The summed E-state index contributed by atoms with van der Waals surface area (Å²) >= 11 is 0. The molecule has 0 amide bonds. The number of halogens is 1. The van der Waals surface area contributed by atoms with Crippen molar-refractivity contribution in [1.29, 1.82) is 0 Å². The quantitative estimate of drug-likeness (QED) is 0.683. The second-order valence-corrected chi connectivity index (χ2v) is 3.73. The van der Waals surface area contributed by atoms with E-state index in [0.717, 1.165) is 18.7 Å². The number of para-hydroxylation sites is 1. The first-order chi connectivity index (χ1) is 7.84. The van der Waals surface area contributed by atoms with E-state index < -0.39 is 5.95 Å². The molecule has 2 aromatic rings. The summed E-state index contributed by atoms with van der Waals surface area (Å²) in [6.45, 7) is 0.843. The largest absolute Gasteiger partial charge is 0.326 e. The van der Waals surface area contributed by atoms with Crippen molar-refractivity contribution in [2.24, 2.45) is 0 Å². The maximum atomic E-state index is 13.0. The Hall–Kier alpha value is -1.97. The average molecular weight is 215 g/mol. The SMILES string of the molecule is Fc1cc(N2CCc3ccccc32)ncn1. The van der Waals surface area contributed by atoms with Crippen LogP contribution in [-0.4, -0.2) is 16.5 Å². The van der Waals surface area contributed by atoms with Gasteiger partial charge < -0.3 is 4.90 Å². The molecular formula is C12H10FN3. The summed E-state index contributed by atoms with van der Waals surface area (Å²) in [7, 11) is 0. The third-order valence-electron chi connectivity index (χ3n) is 2.78. The van der Waals surface area contributed by atoms with Crippen LogP contribution in [0, 0.1) is 5.95 Å². The molecule has 0 radical (unpaired) electrons. The van der Waals surface area contributed by atoms with Crippen LogP contribution in [-0.2, 0) is 6.42 Å². The van der Waals surface area contributed by atoms with Crippen LogP contribution in [0.1, 0.15) is 5.56 Å². The first kappa shape index (κ1) is 9.27. The normalized spacial score (nSPS) is 13.9. The lowest BCUT2D eigenvalue weighted by Crippen LogP contribution is -2.15. The van der Waals surface area contributed by atoms with E-state index in [-0.39, 0.29) is 0 Å². The molecule has 80 valence electrons. The molecule has 16 heavy (non-hydrogen) atoms. The van der Waals surface area contributed by atoms with Gasteiger partial charge in [0, 0.05) is 18.3 Å². The first-order valence-corrected chi connectivity index (χ1v) is 5.17. The zero-order valence-corrected chi connectivity index (χ0v) is 8.60. The van der Waals surface area contributed by atoms with Crippen LogP contribution in [0.5, 0.6) is 0 Å². The number of rotatable bonds is 1. The van der Waals surface area contributed by atoms with Gasteiger partial charge in [0.25, 0.3) is 0 Å². The first-order valence-electron chi connectivity index (χ1n) is 5.17. The number of nitrogens with zero attached hydrogens (tertiary/aromatic N) is 3. The zero-order chi connectivity index (χ0) is 11.0. The van der Waals surface area contributed by atoms with Crippen molar-refractivity contribution >= 4 is 11.5 Å². The maximum absolute atomic E-state index is 13.0. The molecule has 3 rings (SSSR count). The molecule has 1 aliphatic rings. The molecule has 0 spiro atoms. The van der Waals surface area contributed by atoms with Crippen molar-refractivity contribution in [2.45, 2.75) is 6.42 Å². The van der Waals surface area contributed by atoms with E-state index in [9.17, 15) is 4.39 Å². The summed E-state index contributed by atoms with van der Waals surface area (Å²) in [5.41, 5.74) is 2.39. The summed E-state index contributed by atoms with van der Waals surface area (Å²) in [5, 5.41) is 0. The fourth-order valence-corrected chi connectivity index (χ4v) is 2.05. The fourth-order valence-electron chi connectivity index (χ4n) is 2.05. The van der Waals surface area contributed by atoms with Gasteiger partial charge >= 0.3 is 0 Å². The third-order valence-corrected chi connectivity index (χ3v) is 2.78. The van der Waals surface area contributed by atoms with Gasteiger partial charge in [0.05, 0.1) is 0 Å². The van der Waals surface area contributed by atoms with Crippen molar-refractivity contribution < 1.29 is 4.39 Å². The molecule has 3 nitrogen and oxygen atoms in total. The summed E-state index contributed by atoms with van der Waals surface area (Å²) in [6, 6.07) is 9.48. The highest BCUT2D eigenvalue weighted by atomic mass is 19.1. The summed E-state index contributed by atoms with van der Waals surface area (Å²) in [5.74, 6) is 0.131. The predicted octanol–water partition coefficient (Wildman–Crippen LogP) is 2.31. The Labute approximate surface area is 92.6 Å². The van der Waals surface area contributed by atoms with Crippen molar-refractivity contribution in [2.75, 3.05) is 11.4 Å². The standard InChI is InChI=1S/C12H10FN3/c13-11-7-12(15-8-14-11)16-6-5-9-3-1-2-4-10(9)16/h1-4,7-8H,5-6H2. The molecule has 2 heterocycles. The summed E-state index contributed by atoms with van der Waals surface area (Å²) in [4.78, 5) is 9.57. The van der Waals surface area contributed by atoms with Crippen molar-refractivity contribution in [3.63, 3.8) is 0 Å². The van der Waals surface area contributed by atoms with Crippen molar-refractivity contribution in [3.8, 4) is 0 Å². The Kier molecular flexibility index (Phi) is 2.06. The van der Waals surface area contributed by atoms with Gasteiger partial charge in [-0.1, -0.05) is 18.2 Å². The Morgan fingerprint density at radius 3 is 2.94 bits per heavy atom. The van der Waals surface area contributed by atoms with E-state index in [0.29, 0.717) is 5.82 Å². The van der Waals surface area contributed by atoms with Gasteiger partial charge in [0.1, 0.15) is 12.1 Å². The molecule has 0 bridgehead atoms. The third kappa shape index (κ3) is 1.43. The van der Waals surface area contributed by atoms with Gasteiger partial charge in [-0.25, -0.2) is 9.97 Å². The van der Waals surface area contributed by atoms with Gasteiger partial charge in [0.15, 0.2) is 0 Å². The topological polar surface area (TPSA) is 29.0 Å². The number of fused-ring (bicyclic) bond motifs is 1. The van der Waals surface area contributed by atoms with Gasteiger partial charge in [0.2, 0.25) is 5.95 Å². The van der Waals surface area contributed by atoms with Crippen LogP contribution in [0.2, 0.25) is 0 Å². The molecule has 1 aliphatic heterocycles. The van der Waals surface area contributed by atoms with E-state index in [4.69, 9.17) is 0 Å². The maximum Gasteiger partial charge on any atom is 0.218 e. The number of hydrogen-bond donors (Lipinski definition) is 0. The van der Waals surface area contributed by atoms with E-state index in [1.807, 2.05) is 23.1 Å². The summed E-state index contributed by atoms with van der Waals surface area (Å²) < 4.78 is 13.0. The highest BCUT2D eigenvalue weighted by Gasteiger charge is 2.20. The van der Waals surface area contributed by atoms with Crippen LogP contribution in [0.15, 0.2) is 36.7 Å². The minimum Gasteiger partial charge on any atom is -0.326 e. The molecule has 0 N–H and O–H groups in total. The zero-order valence-electron chi connectivity index (χ0n) is 8.60. The molecule has 0 aliphatic carbocycles. The van der Waals surface area contributed by atoms with E-state index in [2.05, 4.69) is 16.0 Å². The van der Waals surface area contributed by atoms with Crippen molar-refractivity contribution in [1.82, 2.24) is 9.97 Å². The second kappa shape index (κ2) is 3.56. The molecular weight excluding hydrogens is 205 g/mol. The molecule has 0 atom stereocenters. The molecule has 4 heteroatoms. The van der Waals surface area contributed by atoms with Gasteiger partial charge in [-0.2, -0.15) is 4.39 Å². The number of benzene rings is 1. The van der Waals surface area contributed by atoms with Crippen molar-refractivity contribution in [3.05, 3.63) is 48.2 Å². The van der Waals surface area contributed by atoms with Crippen LogP contribution in [0.3, 0.4) is 0 Å². The van der Waals surface area contributed by atoms with Gasteiger partial charge in [-0.15, -0.1) is 0 Å². The number of anilines is 2. The molecule has 1 aromatic carbocycles. The lowest BCUT2D eigenvalue weighted by atomic mass is 10.2. The van der Waals surface area contributed by atoms with Crippen LogP contribution in [0.25, 0.3) is 0 Å². The smallest absolute Gasteiger partial charge is 0.218 e. The molecule has 0 fully saturated rings. The van der Waals surface area contributed by atoms with Crippen LogP contribution < -0.4 is 4.90 Å². The Bertz CT molecular complexity index is 527. The molecule has 1 aromatic heterocycles. The highest BCUT2D eigenvalue weighted by molar-refractivity contribution is 5.67. The second-order valence-electron chi connectivity index (χ2n) is 3.73. The highest BCUT2D eigenvalue weighted by Crippen LogP contribution is 2.32. The fraction of sp³-hybridized carbons (Fsp3) is 0.167. The lowest BCUT2D eigenvalue weighted by Gasteiger charge is -2.17. The number of hydrogen-bond acceptors (Lipinski definition) is 3. The molecule has 0 unspecified atom stereocenters. The minimum absolute atomic E-state index is 0.491.